The molecule has 0 aromatic carbocycles. The van der Waals surface area contributed by atoms with E-state index in [0.29, 0.717) is 0 Å². The van der Waals surface area contributed by atoms with E-state index in [1.165, 1.54) is 6.92 Å². The summed E-state index contributed by atoms with van der Waals surface area (Å²) in [6, 6.07) is 0. The molecule has 0 fully saturated rings. The Hall–Kier alpha value is -1.32. The minimum absolute atomic E-state index is 0.0560. The molecular weight excluding hydrogens is 132 g/mol. The third kappa shape index (κ3) is 4.83. The predicted octanol–water partition coefficient (Wildman–Crippen LogP) is 0.343. The number of ketones is 1. The second-order valence-electron chi connectivity index (χ2n) is 1.97. The molecule has 0 heterocycles. The highest BCUT2D eigenvalue weighted by molar-refractivity contribution is 5.90. The Balaban J connectivity index is 3.95. The van der Waals surface area contributed by atoms with Crippen molar-refractivity contribution in [1.82, 2.24) is 0 Å². The van der Waals surface area contributed by atoms with E-state index in [1.54, 1.807) is 0 Å². The van der Waals surface area contributed by atoms with E-state index in [-0.39, 0.29) is 23.8 Å². The maximum Gasteiger partial charge on any atom is 0.137 e. The van der Waals surface area contributed by atoms with Gasteiger partial charge in [0, 0.05) is 6.08 Å². The molecular formula is C6H10N2O2. The molecule has 0 aromatic rings. The maximum atomic E-state index is 10.3. The van der Waals surface area contributed by atoms with Gasteiger partial charge in [-0.15, -0.1) is 0 Å². The number of nitrogens with one attached hydrogen (secondary N) is 1. The molecule has 0 aliphatic heterocycles. The van der Waals surface area contributed by atoms with Crippen molar-refractivity contribution in [1.29, 1.82) is 5.41 Å². The van der Waals surface area contributed by atoms with Crippen LogP contribution in [0, 0.1) is 5.41 Å². The molecule has 0 rings (SSSR count). The number of hydrogen-bond acceptors (Lipinski definition) is 3. The number of allylic oxidation sites excluding steroid dienone is 1. The minimum atomic E-state index is -0.251. The Kier molecular flexibility index (Phi) is 3.17. The van der Waals surface area contributed by atoms with Crippen LogP contribution in [0.15, 0.2) is 11.8 Å². The van der Waals surface area contributed by atoms with Crippen molar-refractivity contribution in [2.24, 2.45) is 5.73 Å². The fourth-order valence-corrected chi connectivity index (χ4v) is 0.486. The van der Waals surface area contributed by atoms with Crippen molar-refractivity contribution in [2.45, 2.75) is 13.3 Å². The first-order valence-electron chi connectivity index (χ1n) is 2.75. The highest BCUT2D eigenvalue weighted by atomic mass is 16.3. The number of amidine groups is 1. The summed E-state index contributed by atoms with van der Waals surface area (Å²) >= 11 is 0. The summed E-state index contributed by atoms with van der Waals surface area (Å²) < 4.78 is 0. The number of Topliss-reactive ketones (excluding diaryl/α,β-unsaturated/α-hetero) is 1. The number of aliphatic hydroxyl groups excluding tert-OH is 1. The molecule has 10 heavy (non-hydrogen) atoms. The Morgan fingerprint density at radius 3 is 2.60 bits per heavy atom. The molecule has 0 atom stereocenters. The number of aliphatic hydroxyl groups is 1. The van der Waals surface area contributed by atoms with Crippen LogP contribution in [0.4, 0.5) is 0 Å². The number of carbonyl (C=O) groups is 1. The lowest BCUT2D eigenvalue weighted by molar-refractivity contribution is -0.116. The lowest BCUT2D eigenvalue weighted by Gasteiger charge is -1.93. The van der Waals surface area contributed by atoms with Gasteiger partial charge < -0.3 is 10.8 Å². The van der Waals surface area contributed by atoms with Crippen LogP contribution in [-0.4, -0.2) is 16.7 Å². The van der Waals surface area contributed by atoms with Crippen molar-refractivity contribution >= 4 is 11.6 Å². The van der Waals surface area contributed by atoms with Crippen LogP contribution in [0.5, 0.6) is 0 Å². The van der Waals surface area contributed by atoms with Gasteiger partial charge >= 0.3 is 0 Å². The molecule has 4 heteroatoms. The van der Waals surface area contributed by atoms with Gasteiger partial charge in [-0.05, 0) is 6.92 Å². The minimum Gasteiger partial charge on any atom is -0.512 e. The summed E-state index contributed by atoms with van der Waals surface area (Å²) in [4.78, 5) is 10.3. The van der Waals surface area contributed by atoms with Crippen LogP contribution >= 0.6 is 0 Å². The largest absolute Gasteiger partial charge is 0.512 e. The van der Waals surface area contributed by atoms with Crippen LogP contribution in [0.2, 0.25) is 0 Å². The zero-order chi connectivity index (χ0) is 8.15. The first kappa shape index (κ1) is 8.68. The number of hydrogen-bond donors (Lipinski definition) is 3. The van der Waals surface area contributed by atoms with Crippen molar-refractivity contribution in [3.05, 3.63) is 11.8 Å². The molecule has 0 bridgehead atoms. The average molecular weight is 142 g/mol. The molecule has 0 saturated carbocycles. The van der Waals surface area contributed by atoms with Crippen molar-refractivity contribution < 1.29 is 9.90 Å². The molecule has 0 aliphatic carbocycles. The summed E-state index contributed by atoms with van der Waals surface area (Å²) in [6.07, 6.45) is 0.987. The van der Waals surface area contributed by atoms with E-state index in [4.69, 9.17) is 16.2 Å². The van der Waals surface area contributed by atoms with Gasteiger partial charge in [-0.3, -0.25) is 10.2 Å². The van der Waals surface area contributed by atoms with Crippen LogP contribution in [0.1, 0.15) is 13.3 Å². The zero-order valence-corrected chi connectivity index (χ0v) is 5.72. The monoisotopic (exact) mass is 142 g/mol. The predicted molar refractivity (Wildman–Crippen MR) is 37.9 cm³/mol. The van der Waals surface area contributed by atoms with Crippen molar-refractivity contribution in [3.63, 3.8) is 0 Å². The van der Waals surface area contributed by atoms with Crippen molar-refractivity contribution in [3.8, 4) is 0 Å². The maximum absolute atomic E-state index is 10.3. The normalized spacial score (nSPS) is 11.1. The fraction of sp³-hybridized carbons (Fsp3) is 0.333. The Morgan fingerprint density at radius 1 is 1.80 bits per heavy atom. The lowest BCUT2D eigenvalue weighted by atomic mass is 10.2. The van der Waals surface area contributed by atoms with Gasteiger partial charge in [0.2, 0.25) is 0 Å². The Bertz CT molecular complexity index is 184. The van der Waals surface area contributed by atoms with Crippen LogP contribution < -0.4 is 5.73 Å². The first-order chi connectivity index (χ1) is 4.52. The molecule has 4 N–H and O–H groups in total. The van der Waals surface area contributed by atoms with Gasteiger partial charge in [0.25, 0.3) is 0 Å². The highest BCUT2D eigenvalue weighted by Crippen LogP contribution is 1.95. The third-order valence-electron chi connectivity index (χ3n) is 0.752. The van der Waals surface area contributed by atoms with Crippen LogP contribution in [-0.2, 0) is 4.79 Å². The van der Waals surface area contributed by atoms with Gasteiger partial charge in [0.05, 0.1) is 6.42 Å². The fourth-order valence-electron chi connectivity index (χ4n) is 0.486. The highest BCUT2D eigenvalue weighted by Gasteiger charge is 1.97. The van der Waals surface area contributed by atoms with E-state index in [2.05, 4.69) is 0 Å². The van der Waals surface area contributed by atoms with Crippen LogP contribution in [0.3, 0.4) is 0 Å². The Morgan fingerprint density at radius 2 is 2.30 bits per heavy atom. The van der Waals surface area contributed by atoms with E-state index in [1.807, 2.05) is 0 Å². The summed E-state index contributed by atoms with van der Waals surface area (Å²) in [6.45, 7) is 1.35. The van der Waals surface area contributed by atoms with E-state index < -0.39 is 0 Å². The third-order valence-corrected chi connectivity index (χ3v) is 0.752. The second kappa shape index (κ2) is 3.66. The molecule has 0 amide bonds. The standard InChI is InChI=1S/C6H10N2O2/c1-4(9)2-5(10)3-6(7)8/h3,10H,2H2,1H3,(H3,7,8)/b5-3-. The van der Waals surface area contributed by atoms with Gasteiger partial charge in [-0.1, -0.05) is 0 Å². The second-order valence-corrected chi connectivity index (χ2v) is 1.97. The molecule has 0 radical (unpaired) electrons. The summed E-state index contributed by atoms with van der Waals surface area (Å²) in [5.41, 5.74) is 4.90. The summed E-state index contributed by atoms with van der Waals surface area (Å²) in [5, 5.41) is 15.5. The average Bonchev–Trinajstić information content (AvgIpc) is 1.58. The van der Waals surface area contributed by atoms with Gasteiger partial charge in [0.1, 0.15) is 17.4 Å². The molecule has 56 valence electrons. The molecule has 0 saturated heterocycles. The number of carbonyl (C=O) groups excluding carboxylic acids is 1. The van der Waals surface area contributed by atoms with Crippen molar-refractivity contribution in [2.75, 3.05) is 0 Å². The van der Waals surface area contributed by atoms with E-state index >= 15 is 0 Å². The zero-order valence-electron chi connectivity index (χ0n) is 5.72. The molecule has 4 nitrogen and oxygen atoms in total. The molecule has 0 unspecified atom stereocenters. The molecule has 0 spiro atoms. The Labute approximate surface area is 58.9 Å². The quantitative estimate of drug-likeness (QED) is 0.301. The molecule has 0 aliphatic rings. The van der Waals surface area contributed by atoms with Gasteiger partial charge in [-0.2, -0.15) is 0 Å². The SMILES string of the molecule is CC(=O)C/C(O)=C/C(=N)N. The topological polar surface area (TPSA) is 87.2 Å². The van der Waals surface area contributed by atoms with Gasteiger partial charge in [0.15, 0.2) is 0 Å². The molecule has 0 aromatic heterocycles. The van der Waals surface area contributed by atoms with Crippen LogP contribution in [0.25, 0.3) is 0 Å². The lowest BCUT2D eigenvalue weighted by Crippen LogP contribution is -2.07. The smallest absolute Gasteiger partial charge is 0.137 e. The summed E-state index contributed by atoms with van der Waals surface area (Å²) in [7, 11) is 0. The number of nitrogens with two attached hydrogens (primary N) is 1. The van der Waals surface area contributed by atoms with E-state index in [0.717, 1.165) is 6.08 Å². The van der Waals surface area contributed by atoms with E-state index in [9.17, 15) is 4.79 Å². The van der Waals surface area contributed by atoms with Gasteiger partial charge in [-0.25, -0.2) is 0 Å². The first-order valence-corrected chi connectivity index (χ1v) is 2.75. The number of rotatable bonds is 3. The summed E-state index contributed by atoms with van der Waals surface area (Å²) in [5.74, 6) is -0.575.